The van der Waals surface area contributed by atoms with E-state index in [1.165, 1.54) is 6.07 Å². The van der Waals surface area contributed by atoms with E-state index in [0.717, 1.165) is 0 Å². The number of hydrogen-bond acceptors (Lipinski definition) is 3. The largest absolute Gasteiger partial charge is 0.434 e. The molecule has 3 N–H and O–H groups in total. The summed E-state index contributed by atoms with van der Waals surface area (Å²) in [6, 6.07) is 5.24. The molecule has 20 heavy (non-hydrogen) atoms. The van der Waals surface area contributed by atoms with Crippen LogP contribution in [0, 0.1) is 5.92 Å². The van der Waals surface area contributed by atoms with Gasteiger partial charge in [0.15, 0.2) is 0 Å². The first kappa shape index (κ1) is 16.4. The van der Waals surface area contributed by atoms with Crippen molar-refractivity contribution in [2.75, 3.05) is 0 Å². The summed E-state index contributed by atoms with van der Waals surface area (Å²) in [7, 11) is 0. The van der Waals surface area contributed by atoms with Crippen molar-refractivity contribution < 1.29 is 18.3 Å². The molecule has 0 saturated heterocycles. The van der Waals surface area contributed by atoms with Gasteiger partial charge in [0, 0.05) is 5.56 Å². The number of benzene rings is 1. The van der Waals surface area contributed by atoms with E-state index >= 15 is 0 Å². The number of rotatable bonds is 6. The van der Waals surface area contributed by atoms with Crippen LogP contribution >= 0.6 is 0 Å². The Morgan fingerprint density at radius 3 is 2.40 bits per heavy atom. The summed E-state index contributed by atoms with van der Waals surface area (Å²) < 4.78 is 29.1. The second kappa shape index (κ2) is 7.19. The summed E-state index contributed by atoms with van der Waals surface area (Å²) in [5, 5.41) is 2.70. The smallest absolute Gasteiger partial charge is 0.387 e. The van der Waals surface area contributed by atoms with Crippen LogP contribution in [-0.4, -0.2) is 18.6 Å². The average Bonchev–Trinajstić information content (AvgIpc) is 2.37. The third kappa shape index (κ3) is 4.45. The van der Waals surface area contributed by atoms with E-state index in [0.29, 0.717) is 5.56 Å². The average molecular weight is 286 g/mol. The molecule has 0 radical (unpaired) electrons. The van der Waals surface area contributed by atoms with Gasteiger partial charge in [-0.1, -0.05) is 32.0 Å². The standard InChI is InChI=1S/C14H20F2N2O2/c1-8(2)12(17)13(19)18-9(3)10-6-4-5-7-11(10)20-14(15)16/h4-9,12,14H,17H2,1-3H3,(H,18,19)/t9?,12-/m0/s1. The summed E-state index contributed by atoms with van der Waals surface area (Å²) >= 11 is 0. The monoisotopic (exact) mass is 286 g/mol. The summed E-state index contributed by atoms with van der Waals surface area (Å²) in [5.41, 5.74) is 6.23. The first-order valence-corrected chi connectivity index (χ1v) is 6.42. The van der Waals surface area contributed by atoms with Gasteiger partial charge in [-0.25, -0.2) is 0 Å². The molecule has 2 atom stereocenters. The van der Waals surface area contributed by atoms with Gasteiger partial charge in [0.2, 0.25) is 5.91 Å². The van der Waals surface area contributed by atoms with Gasteiger partial charge in [0.25, 0.3) is 0 Å². The second-order valence-electron chi connectivity index (χ2n) is 4.92. The number of nitrogens with one attached hydrogen (secondary N) is 1. The highest BCUT2D eigenvalue weighted by Gasteiger charge is 2.21. The number of alkyl halides is 2. The van der Waals surface area contributed by atoms with Crippen molar-refractivity contribution in [1.29, 1.82) is 0 Å². The van der Waals surface area contributed by atoms with E-state index in [-0.39, 0.29) is 17.6 Å². The third-order valence-electron chi connectivity index (χ3n) is 2.98. The number of hydrogen-bond donors (Lipinski definition) is 2. The van der Waals surface area contributed by atoms with Crippen molar-refractivity contribution >= 4 is 5.91 Å². The summed E-state index contributed by atoms with van der Waals surface area (Å²) in [4.78, 5) is 11.9. The minimum atomic E-state index is -2.91. The Morgan fingerprint density at radius 1 is 1.25 bits per heavy atom. The Balaban J connectivity index is 2.82. The highest BCUT2D eigenvalue weighted by atomic mass is 19.3. The molecule has 0 fully saturated rings. The molecule has 4 nitrogen and oxygen atoms in total. The lowest BCUT2D eigenvalue weighted by Crippen LogP contribution is -2.44. The van der Waals surface area contributed by atoms with Gasteiger partial charge in [-0.05, 0) is 18.9 Å². The number of halogens is 2. The molecule has 0 aliphatic carbocycles. The van der Waals surface area contributed by atoms with Crippen LogP contribution in [0.5, 0.6) is 5.75 Å². The fourth-order valence-corrected chi connectivity index (χ4v) is 1.73. The first-order chi connectivity index (χ1) is 9.32. The summed E-state index contributed by atoms with van der Waals surface area (Å²) in [5.74, 6) is -0.275. The topological polar surface area (TPSA) is 64.4 Å². The number of carbonyl (C=O) groups is 1. The number of para-hydroxylation sites is 1. The molecule has 0 bridgehead atoms. The molecule has 6 heteroatoms. The van der Waals surface area contributed by atoms with Gasteiger partial charge in [-0.3, -0.25) is 4.79 Å². The lowest BCUT2D eigenvalue weighted by molar-refractivity contribution is -0.123. The Labute approximate surface area is 117 Å². The van der Waals surface area contributed by atoms with Crippen LogP contribution in [0.25, 0.3) is 0 Å². The van der Waals surface area contributed by atoms with E-state index in [4.69, 9.17) is 5.73 Å². The number of ether oxygens (including phenoxy) is 1. The fourth-order valence-electron chi connectivity index (χ4n) is 1.73. The second-order valence-corrected chi connectivity index (χ2v) is 4.92. The highest BCUT2D eigenvalue weighted by molar-refractivity contribution is 5.82. The molecule has 1 unspecified atom stereocenters. The van der Waals surface area contributed by atoms with E-state index in [9.17, 15) is 13.6 Å². The van der Waals surface area contributed by atoms with Crippen LogP contribution in [0.4, 0.5) is 8.78 Å². The quantitative estimate of drug-likeness (QED) is 0.844. The molecule has 0 spiro atoms. The maximum absolute atomic E-state index is 12.3. The van der Waals surface area contributed by atoms with Gasteiger partial charge in [0.1, 0.15) is 5.75 Å². The highest BCUT2D eigenvalue weighted by Crippen LogP contribution is 2.26. The first-order valence-electron chi connectivity index (χ1n) is 6.42. The zero-order chi connectivity index (χ0) is 15.3. The van der Waals surface area contributed by atoms with Gasteiger partial charge in [-0.15, -0.1) is 0 Å². The lowest BCUT2D eigenvalue weighted by Gasteiger charge is -2.21. The van der Waals surface area contributed by atoms with Crippen molar-refractivity contribution in [1.82, 2.24) is 5.32 Å². The number of nitrogens with two attached hydrogens (primary N) is 1. The number of carbonyl (C=O) groups excluding carboxylic acids is 1. The third-order valence-corrected chi connectivity index (χ3v) is 2.98. The Hall–Kier alpha value is -1.69. The van der Waals surface area contributed by atoms with Crippen molar-refractivity contribution in [3.8, 4) is 5.75 Å². The lowest BCUT2D eigenvalue weighted by atomic mass is 10.0. The maximum atomic E-state index is 12.3. The van der Waals surface area contributed by atoms with Crippen LogP contribution in [0.3, 0.4) is 0 Å². The molecule has 0 saturated carbocycles. The minimum Gasteiger partial charge on any atom is -0.434 e. The SMILES string of the molecule is CC(NC(=O)[C@@H](N)C(C)C)c1ccccc1OC(F)F. The molecule has 1 amide bonds. The molecule has 1 aromatic rings. The van der Waals surface area contributed by atoms with Crippen LogP contribution in [-0.2, 0) is 4.79 Å². The molecule has 1 rings (SSSR count). The molecule has 0 aliphatic rings. The zero-order valence-corrected chi connectivity index (χ0v) is 11.8. The molecule has 0 aromatic heterocycles. The zero-order valence-electron chi connectivity index (χ0n) is 11.8. The Kier molecular flexibility index (Phi) is 5.88. The Morgan fingerprint density at radius 2 is 1.85 bits per heavy atom. The van der Waals surface area contributed by atoms with Crippen molar-refractivity contribution in [3.05, 3.63) is 29.8 Å². The molecule has 0 heterocycles. The van der Waals surface area contributed by atoms with Crippen molar-refractivity contribution in [2.45, 2.75) is 39.5 Å². The van der Waals surface area contributed by atoms with Crippen LogP contribution in [0.2, 0.25) is 0 Å². The van der Waals surface area contributed by atoms with E-state index in [1.807, 2.05) is 13.8 Å². The predicted molar refractivity (Wildman–Crippen MR) is 72.4 cm³/mol. The fraction of sp³-hybridized carbons (Fsp3) is 0.500. The van der Waals surface area contributed by atoms with Gasteiger partial charge in [-0.2, -0.15) is 8.78 Å². The Bertz CT molecular complexity index is 453. The van der Waals surface area contributed by atoms with E-state index in [1.54, 1.807) is 25.1 Å². The minimum absolute atomic E-state index is 0.00485. The molecular weight excluding hydrogens is 266 g/mol. The van der Waals surface area contributed by atoms with Crippen LogP contribution in [0.1, 0.15) is 32.4 Å². The summed E-state index contributed by atoms with van der Waals surface area (Å²) in [6.45, 7) is 2.46. The number of amides is 1. The van der Waals surface area contributed by atoms with E-state index in [2.05, 4.69) is 10.1 Å². The van der Waals surface area contributed by atoms with Crippen molar-refractivity contribution in [3.63, 3.8) is 0 Å². The molecule has 0 aliphatic heterocycles. The van der Waals surface area contributed by atoms with E-state index < -0.39 is 18.7 Å². The van der Waals surface area contributed by atoms with Crippen LogP contribution in [0.15, 0.2) is 24.3 Å². The van der Waals surface area contributed by atoms with Gasteiger partial charge < -0.3 is 15.8 Å². The maximum Gasteiger partial charge on any atom is 0.387 e. The normalized spacial score (nSPS) is 14.2. The predicted octanol–water partition coefficient (Wildman–Crippen LogP) is 2.45. The van der Waals surface area contributed by atoms with Crippen molar-refractivity contribution in [2.24, 2.45) is 11.7 Å². The molecule has 1 aromatic carbocycles. The van der Waals surface area contributed by atoms with Gasteiger partial charge >= 0.3 is 6.61 Å². The summed E-state index contributed by atoms with van der Waals surface area (Å²) in [6.07, 6.45) is 0. The molecule has 112 valence electrons. The van der Waals surface area contributed by atoms with Crippen LogP contribution < -0.4 is 15.8 Å². The molecular formula is C14H20F2N2O2. The van der Waals surface area contributed by atoms with Gasteiger partial charge in [0.05, 0.1) is 12.1 Å².